The number of amidine groups is 1. The Morgan fingerprint density at radius 1 is 1.39 bits per heavy atom. The van der Waals surface area contributed by atoms with E-state index >= 15 is 0 Å². The number of nitrogens with zero attached hydrogens (tertiary/aromatic N) is 3. The van der Waals surface area contributed by atoms with Gasteiger partial charge in [-0.05, 0) is 24.3 Å². The van der Waals surface area contributed by atoms with Crippen molar-refractivity contribution in [1.82, 2.24) is 15.8 Å². The average Bonchev–Trinajstić information content (AvgIpc) is 3.18. The van der Waals surface area contributed by atoms with Gasteiger partial charge in [0.1, 0.15) is 17.6 Å². The summed E-state index contributed by atoms with van der Waals surface area (Å²) in [4.78, 5) is 38.4. The number of pyridine rings is 1. The van der Waals surface area contributed by atoms with Crippen LogP contribution in [0.15, 0.2) is 41.5 Å². The molecule has 0 spiro atoms. The van der Waals surface area contributed by atoms with Gasteiger partial charge in [0.15, 0.2) is 5.84 Å². The van der Waals surface area contributed by atoms with Crippen LogP contribution in [0.5, 0.6) is 0 Å². The van der Waals surface area contributed by atoms with Crippen molar-refractivity contribution in [3.63, 3.8) is 0 Å². The largest absolute Gasteiger partial charge is 0.453 e. The summed E-state index contributed by atoms with van der Waals surface area (Å²) in [5, 5.41) is 2.47. The molecule has 2 aromatic rings. The molecule has 162 valence electrons. The molecule has 3 heterocycles. The predicted molar refractivity (Wildman–Crippen MR) is 108 cm³/mol. The van der Waals surface area contributed by atoms with E-state index < -0.39 is 24.1 Å². The first kappa shape index (κ1) is 20.5. The lowest BCUT2D eigenvalue weighted by Crippen LogP contribution is -2.34. The molecule has 2 aliphatic heterocycles. The standard InChI is InChI=1S/C20H20FN5O5/c1-29-19(27)24-10-14-11-26(20(28)31-14)13-3-4-15(16(21)8-13)12-2-5-17(23-9-12)18-22-6-7-30-25-18/h2-5,8-9,14H,6-7,10-11H2,1H3,(H,22,25)(H,24,27)/t14-/m0/s1. The number of aromatic nitrogens is 1. The fourth-order valence-electron chi connectivity index (χ4n) is 3.20. The minimum absolute atomic E-state index is 0.0959. The molecule has 2 N–H and O–H groups in total. The van der Waals surface area contributed by atoms with Crippen LogP contribution in [0.2, 0.25) is 0 Å². The summed E-state index contributed by atoms with van der Waals surface area (Å²) >= 11 is 0. The highest BCUT2D eigenvalue weighted by atomic mass is 19.1. The number of methoxy groups -OCH3 is 1. The number of nitrogens with one attached hydrogen (secondary N) is 2. The van der Waals surface area contributed by atoms with E-state index in [0.717, 1.165) is 0 Å². The highest BCUT2D eigenvalue weighted by Crippen LogP contribution is 2.29. The summed E-state index contributed by atoms with van der Waals surface area (Å²) in [6.07, 6.45) is -0.252. The van der Waals surface area contributed by atoms with Gasteiger partial charge in [0, 0.05) is 17.3 Å². The van der Waals surface area contributed by atoms with Gasteiger partial charge in [0.05, 0.1) is 39.0 Å². The van der Waals surface area contributed by atoms with Gasteiger partial charge in [-0.3, -0.25) is 19.7 Å². The number of rotatable bonds is 5. The number of aliphatic imine (C=N–C) groups is 1. The van der Waals surface area contributed by atoms with Crippen LogP contribution in [-0.4, -0.2) is 62.5 Å². The van der Waals surface area contributed by atoms with E-state index in [9.17, 15) is 14.0 Å². The quantitative estimate of drug-likeness (QED) is 0.746. The van der Waals surface area contributed by atoms with Crippen molar-refractivity contribution >= 4 is 23.7 Å². The second-order valence-corrected chi connectivity index (χ2v) is 6.77. The van der Waals surface area contributed by atoms with Gasteiger partial charge in [0.2, 0.25) is 0 Å². The first-order chi connectivity index (χ1) is 15.0. The van der Waals surface area contributed by atoms with Crippen LogP contribution in [-0.2, 0) is 14.3 Å². The molecular formula is C20H20FN5O5. The summed E-state index contributed by atoms with van der Waals surface area (Å²) in [6, 6.07) is 7.93. The molecule has 1 atom stereocenters. The molecule has 2 amide bonds. The summed E-state index contributed by atoms with van der Waals surface area (Å²) in [6.45, 7) is 1.31. The molecule has 0 bridgehead atoms. The van der Waals surface area contributed by atoms with E-state index in [1.54, 1.807) is 30.5 Å². The van der Waals surface area contributed by atoms with E-state index in [1.807, 2.05) is 0 Å². The van der Waals surface area contributed by atoms with Gasteiger partial charge >= 0.3 is 12.2 Å². The Morgan fingerprint density at radius 2 is 2.26 bits per heavy atom. The Labute approximate surface area is 177 Å². The summed E-state index contributed by atoms with van der Waals surface area (Å²) in [7, 11) is 1.24. The Kier molecular flexibility index (Phi) is 5.94. The monoisotopic (exact) mass is 429 g/mol. The first-order valence-electron chi connectivity index (χ1n) is 9.53. The highest BCUT2D eigenvalue weighted by molar-refractivity contribution is 5.96. The average molecular weight is 429 g/mol. The smallest absolute Gasteiger partial charge is 0.414 e. The molecule has 11 heteroatoms. The zero-order chi connectivity index (χ0) is 21.8. The van der Waals surface area contributed by atoms with Crippen molar-refractivity contribution in [3.05, 3.63) is 48.0 Å². The van der Waals surface area contributed by atoms with Gasteiger partial charge in [-0.25, -0.2) is 19.5 Å². The molecular weight excluding hydrogens is 409 g/mol. The molecule has 0 aliphatic carbocycles. The van der Waals surface area contributed by atoms with Crippen LogP contribution in [0, 0.1) is 5.82 Å². The number of hydroxylamine groups is 1. The normalized spacial score (nSPS) is 18.1. The highest BCUT2D eigenvalue weighted by Gasteiger charge is 2.33. The third kappa shape index (κ3) is 4.56. The van der Waals surface area contributed by atoms with Crippen LogP contribution in [0.4, 0.5) is 19.7 Å². The number of carbonyl (C=O) groups excluding carboxylic acids is 2. The molecule has 2 aliphatic rings. The number of hydrogen-bond acceptors (Lipinski definition) is 8. The topological polar surface area (TPSA) is 114 Å². The second kappa shape index (κ2) is 8.96. The molecule has 0 radical (unpaired) electrons. The number of ether oxygens (including phenoxy) is 2. The number of anilines is 1. The maximum absolute atomic E-state index is 14.8. The van der Waals surface area contributed by atoms with Gasteiger partial charge in [-0.15, -0.1) is 0 Å². The SMILES string of the molecule is COC(=O)NC[C@H]1CN(c2ccc(-c3ccc(C4=NCCON4)nc3)c(F)c2)C(=O)O1. The minimum Gasteiger partial charge on any atom is -0.453 e. The molecule has 10 nitrogen and oxygen atoms in total. The van der Waals surface area contributed by atoms with Crippen molar-refractivity contribution in [2.45, 2.75) is 6.10 Å². The van der Waals surface area contributed by atoms with Crippen molar-refractivity contribution in [2.24, 2.45) is 4.99 Å². The molecule has 0 unspecified atom stereocenters. The second-order valence-electron chi connectivity index (χ2n) is 6.77. The fourth-order valence-corrected chi connectivity index (χ4v) is 3.20. The van der Waals surface area contributed by atoms with E-state index in [1.165, 1.54) is 18.1 Å². The molecule has 1 aromatic carbocycles. The zero-order valence-corrected chi connectivity index (χ0v) is 16.6. The number of carbonyl (C=O) groups is 2. The van der Waals surface area contributed by atoms with Crippen molar-refractivity contribution < 1.29 is 28.3 Å². The number of benzene rings is 1. The lowest BCUT2D eigenvalue weighted by Gasteiger charge is -2.15. The van der Waals surface area contributed by atoms with Gasteiger partial charge < -0.3 is 14.8 Å². The summed E-state index contributed by atoms with van der Waals surface area (Å²) < 4.78 is 24.5. The Balaban J connectivity index is 1.46. The minimum atomic E-state index is -0.622. The first-order valence-corrected chi connectivity index (χ1v) is 9.53. The van der Waals surface area contributed by atoms with Crippen molar-refractivity contribution in [2.75, 3.05) is 38.3 Å². The number of hydrogen-bond donors (Lipinski definition) is 2. The van der Waals surface area contributed by atoms with Crippen LogP contribution in [0.25, 0.3) is 11.1 Å². The third-order valence-electron chi connectivity index (χ3n) is 4.75. The van der Waals surface area contributed by atoms with Crippen LogP contribution in [0.3, 0.4) is 0 Å². The number of cyclic esters (lactones) is 1. The molecule has 1 fully saturated rings. The van der Waals surface area contributed by atoms with Gasteiger partial charge in [-0.1, -0.05) is 6.07 Å². The fraction of sp³-hybridized carbons (Fsp3) is 0.300. The van der Waals surface area contributed by atoms with Gasteiger partial charge in [0.25, 0.3) is 0 Å². The van der Waals surface area contributed by atoms with E-state index in [4.69, 9.17) is 9.57 Å². The maximum Gasteiger partial charge on any atom is 0.414 e. The molecule has 1 saturated heterocycles. The van der Waals surface area contributed by atoms with Crippen LogP contribution >= 0.6 is 0 Å². The Bertz CT molecular complexity index is 1010. The van der Waals surface area contributed by atoms with E-state index in [-0.39, 0.29) is 13.1 Å². The van der Waals surface area contributed by atoms with Crippen molar-refractivity contribution in [3.8, 4) is 11.1 Å². The number of alkyl carbamates (subject to hydrolysis) is 1. The zero-order valence-electron chi connectivity index (χ0n) is 16.6. The van der Waals surface area contributed by atoms with Gasteiger partial charge in [-0.2, -0.15) is 0 Å². The predicted octanol–water partition coefficient (Wildman–Crippen LogP) is 1.85. The maximum atomic E-state index is 14.8. The molecule has 0 saturated carbocycles. The number of halogens is 1. The lowest BCUT2D eigenvalue weighted by atomic mass is 10.1. The Morgan fingerprint density at radius 3 is 2.94 bits per heavy atom. The van der Waals surface area contributed by atoms with E-state index in [0.29, 0.717) is 41.5 Å². The summed E-state index contributed by atoms with van der Waals surface area (Å²) in [5.74, 6) is 0.0184. The number of amides is 2. The van der Waals surface area contributed by atoms with Crippen LogP contribution < -0.4 is 15.7 Å². The summed E-state index contributed by atoms with van der Waals surface area (Å²) in [5.41, 5.74) is 4.57. The van der Waals surface area contributed by atoms with Crippen LogP contribution in [0.1, 0.15) is 5.69 Å². The van der Waals surface area contributed by atoms with E-state index in [2.05, 4.69) is 25.5 Å². The lowest BCUT2D eigenvalue weighted by molar-refractivity contribution is 0.0824. The Hall–Kier alpha value is -3.73. The third-order valence-corrected chi connectivity index (χ3v) is 4.75. The molecule has 4 rings (SSSR count). The molecule has 1 aromatic heterocycles. The molecule has 31 heavy (non-hydrogen) atoms. The van der Waals surface area contributed by atoms with Crippen molar-refractivity contribution in [1.29, 1.82) is 0 Å².